The quantitative estimate of drug-likeness (QED) is 0.459. The lowest BCUT2D eigenvalue weighted by atomic mass is 9.95. The number of aliphatic hydroxyl groups excluding tert-OH is 1. The van der Waals surface area contributed by atoms with E-state index in [9.17, 15) is 0 Å². The Labute approximate surface area is 93.0 Å². The van der Waals surface area contributed by atoms with Gasteiger partial charge in [0.05, 0.1) is 0 Å². The predicted octanol–water partition coefficient (Wildman–Crippen LogP) is 1.10. The van der Waals surface area contributed by atoms with E-state index >= 15 is 0 Å². The fourth-order valence-electron chi connectivity index (χ4n) is 1.20. The lowest BCUT2D eigenvalue weighted by Crippen LogP contribution is -2.49. The van der Waals surface area contributed by atoms with Crippen molar-refractivity contribution in [2.75, 3.05) is 13.2 Å². The molecule has 0 aliphatic carbocycles. The van der Waals surface area contributed by atoms with E-state index < -0.39 is 0 Å². The molecule has 90 valence electrons. The van der Waals surface area contributed by atoms with Crippen LogP contribution in [0.25, 0.3) is 0 Å². The molecule has 0 saturated carbocycles. The van der Waals surface area contributed by atoms with E-state index in [1.165, 1.54) is 0 Å². The second-order valence-corrected chi connectivity index (χ2v) is 4.63. The van der Waals surface area contributed by atoms with Gasteiger partial charge in [0.1, 0.15) is 0 Å². The van der Waals surface area contributed by atoms with Gasteiger partial charge in [0.15, 0.2) is 5.96 Å². The number of rotatable bonds is 6. The van der Waals surface area contributed by atoms with Crippen LogP contribution < -0.4 is 11.1 Å². The summed E-state index contributed by atoms with van der Waals surface area (Å²) in [5.74, 6) is 0.984. The zero-order valence-electron chi connectivity index (χ0n) is 10.4. The van der Waals surface area contributed by atoms with Crippen molar-refractivity contribution >= 4 is 5.96 Å². The van der Waals surface area contributed by atoms with Crippen molar-refractivity contribution in [1.82, 2.24) is 5.32 Å². The SMILES string of the molecule is CCC(C)(CCO)NC(N)=NCC(C)C. The Balaban J connectivity index is 4.22. The number of hydrogen-bond acceptors (Lipinski definition) is 2. The first-order valence-electron chi connectivity index (χ1n) is 5.62. The number of nitrogens with one attached hydrogen (secondary N) is 1. The predicted molar refractivity (Wildman–Crippen MR) is 64.9 cm³/mol. The van der Waals surface area contributed by atoms with Gasteiger partial charge in [-0.2, -0.15) is 0 Å². The Morgan fingerprint density at radius 3 is 2.53 bits per heavy atom. The van der Waals surface area contributed by atoms with Crippen molar-refractivity contribution in [1.29, 1.82) is 0 Å². The minimum atomic E-state index is -0.153. The summed E-state index contributed by atoms with van der Waals surface area (Å²) in [6, 6.07) is 0. The summed E-state index contributed by atoms with van der Waals surface area (Å²) in [5, 5.41) is 12.1. The number of nitrogens with two attached hydrogens (primary N) is 1. The number of nitrogens with zero attached hydrogens (tertiary/aromatic N) is 1. The summed E-state index contributed by atoms with van der Waals surface area (Å²) in [7, 11) is 0. The van der Waals surface area contributed by atoms with Gasteiger partial charge in [0.25, 0.3) is 0 Å². The van der Waals surface area contributed by atoms with Crippen LogP contribution in [-0.2, 0) is 0 Å². The van der Waals surface area contributed by atoms with Crippen LogP contribution in [0.4, 0.5) is 0 Å². The molecule has 0 fully saturated rings. The Hall–Kier alpha value is -0.770. The smallest absolute Gasteiger partial charge is 0.189 e. The standard InChI is InChI=1S/C11H25N3O/c1-5-11(4,6-7-15)14-10(12)13-8-9(2)3/h9,15H,5-8H2,1-4H3,(H3,12,13,14). The normalized spacial score (nSPS) is 16.5. The molecule has 4 N–H and O–H groups in total. The molecule has 0 heterocycles. The van der Waals surface area contributed by atoms with Crippen molar-refractivity contribution in [3.05, 3.63) is 0 Å². The molecule has 4 heteroatoms. The topological polar surface area (TPSA) is 70.6 Å². The molecule has 0 amide bonds. The molecule has 0 aromatic carbocycles. The lowest BCUT2D eigenvalue weighted by molar-refractivity contribution is 0.231. The second kappa shape index (κ2) is 6.67. The summed E-state index contributed by atoms with van der Waals surface area (Å²) in [6.07, 6.45) is 1.59. The van der Waals surface area contributed by atoms with E-state index in [1.54, 1.807) is 0 Å². The summed E-state index contributed by atoms with van der Waals surface area (Å²) >= 11 is 0. The summed E-state index contributed by atoms with van der Waals surface area (Å²) in [6.45, 7) is 9.21. The fraction of sp³-hybridized carbons (Fsp3) is 0.909. The van der Waals surface area contributed by atoms with Crippen LogP contribution in [0.5, 0.6) is 0 Å². The summed E-state index contributed by atoms with van der Waals surface area (Å²) in [4.78, 5) is 4.24. The number of hydrogen-bond donors (Lipinski definition) is 3. The second-order valence-electron chi connectivity index (χ2n) is 4.63. The molecule has 0 aromatic rings. The molecule has 0 aliphatic heterocycles. The van der Waals surface area contributed by atoms with Crippen molar-refractivity contribution in [3.8, 4) is 0 Å². The van der Waals surface area contributed by atoms with Crippen molar-refractivity contribution in [2.24, 2.45) is 16.6 Å². The van der Waals surface area contributed by atoms with Crippen LogP contribution in [0.15, 0.2) is 4.99 Å². The zero-order valence-corrected chi connectivity index (χ0v) is 10.4. The molecule has 0 saturated heterocycles. The average Bonchev–Trinajstić information content (AvgIpc) is 2.15. The molecule has 15 heavy (non-hydrogen) atoms. The Bertz CT molecular complexity index is 204. The van der Waals surface area contributed by atoms with Gasteiger partial charge < -0.3 is 16.2 Å². The van der Waals surface area contributed by atoms with Crippen LogP contribution in [0.1, 0.15) is 40.5 Å². The first kappa shape index (κ1) is 14.2. The van der Waals surface area contributed by atoms with Gasteiger partial charge in [0.2, 0.25) is 0 Å². The highest BCUT2D eigenvalue weighted by molar-refractivity contribution is 5.78. The number of guanidine groups is 1. The van der Waals surface area contributed by atoms with Gasteiger partial charge in [-0.05, 0) is 25.7 Å². The van der Waals surface area contributed by atoms with E-state index in [4.69, 9.17) is 10.8 Å². The van der Waals surface area contributed by atoms with Gasteiger partial charge in [0, 0.05) is 18.7 Å². The van der Waals surface area contributed by atoms with Crippen molar-refractivity contribution in [2.45, 2.75) is 46.1 Å². The van der Waals surface area contributed by atoms with Crippen LogP contribution in [-0.4, -0.2) is 29.8 Å². The summed E-state index contributed by atoms with van der Waals surface area (Å²) < 4.78 is 0. The largest absolute Gasteiger partial charge is 0.396 e. The highest BCUT2D eigenvalue weighted by Crippen LogP contribution is 2.13. The lowest BCUT2D eigenvalue weighted by Gasteiger charge is -2.29. The molecular formula is C11H25N3O. The maximum Gasteiger partial charge on any atom is 0.189 e. The first-order chi connectivity index (χ1) is 6.93. The highest BCUT2D eigenvalue weighted by atomic mass is 16.3. The van der Waals surface area contributed by atoms with Gasteiger partial charge in [-0.15, -0.1) is 0 Å². The van der Waals surface area contributed by atoms with E-state index in [0.29, 0.717) is 18.3 Å². The molecule has 1 unspecified atom stereocenters. The first-order valence-corrected chi connectivity index (χ1v) is 5.62. The summed E-state index contributed by atoms with van der Waals surface area (Å²) in [5.41, 5.74) is 5.62. The minimum absolute atomic E-state index is 0.153. The van der Waals surface area contributed by atoms with Gasteiger partial charge in [-0.25, -0.2) is 0 Å². The van der Waals surface area contributed by atoms with Crippen LogP contribution >= 0.6 is 0 Å². The molecule has 4 nitrogen and oxygen atoms in total. The molecule has 0 bridgehead atoms. The van der Waals surface area contributed by atoms with Gasteiger partial charge in [-0.1, -0.05) is 20.8 Å². The van der Waals surface area contributed by atoms with E-state index in [1.807, 2.05) is 6.92 Å². The number of aliphatic hydroxyl groups is 1. The maximum absolute atomic E-state index is 8.94. The molecule has 0 radical (unpaired) electrons. The van der Waals surface area contributed by atoms with Crippen LogP contribution in [0, 0.1) is 5.92 Å². The monoisotopic (exact) mass is 215 g/mol. The van der Waals surface area contributed by atoms with Crippen LogP contribution in [0.2, 0.25) is 0 Å². The molecule has 1 atom stereocenters. The highest BCUT2D eigenvalue weighted by Gasteiger charge is 2.21. The number of aliphatic imine (C=N–C) groups is 1. The molecule has 0 aromatic heterocycles. The van der Waals surface area contributed by atoms with Gasteiger partial charge >= 0.3 is 0 Å². The Kier molecular flexibility index (Phi) is 6.32. The average molecular weight is 215 g/mol. The van der Waals surface area contributed by atoms with E-state index in [0.717, 1.165) is 13.0 Å². The third-order valence-corrected chi connectivity index (χ3v) is 2.50. The minimum Gasteiger partial charge on any atom is -0.396 e. The molecule has 0 rings (SSSR count). The fourth-order valence-corrected chi connectivity index (χ4v) is 1.20. The molecule has 0 spiro atoms. The van der Waals surface area contributed by atoms with Crippen molar-refractivity contribution < 1.29 is 5.11 Å². The molecule has 0 aliphatic rings. The van der Waals surface area contributed by atoms with E-state index in [2.05, 4.69) is 31.1 Å². The Morgan fingerprint density at radius 2 is 2.13 bits per heavy atom. The third kappa shape index (κ3) is 6.33. The van der Waals surface area contributed by atoms with E-state index in [-0.39, 0.29) is 12.1 Å². The zero-order chi connectivity index (χ0) is 11.9. The van der Waals surface area contributed by atoms with Crippen molar-refractivity contribution in [3.63, 3.8) is 0 Å². The molecular weight excluding hydrogens is 190 g/mol. The third-order valence-electron chi connectivity index (χ3n) is 2.50. The maximum atomic E-state index is 8.94. The Morgan fingerprint density at radius 1 is 1.53 bits per heavy atom. The van der Waals surface area contributed by atoms with Gasteiger partial charge in [-0.3, -0.25) is 4.99 Å². The van der Waals surface area contributed by atoms with Crippen LogP contribution in [0.3, 0.4) is 0 Å².